The van der Waals surface area contributed by atoms with E-state index in [4.69, 9.17) is 9.84 Å². The molecule has 1 saturated heterocycles. The van der Waals surface area contributed by atoms with Crippen LogP contribution in [-0.4, -0.2) is 49.8 Å². The van der Waals surface area contributed by atoms with Gasteiger partial charge >= 0.3 is 5.97 Å². The molecule has 0 aromatic rings. The predicted octanol–water partition coefficient (Wildman–Crippen LogP) is -0.942. The van der Waals surface area contributed by atoms with Gasteiger partial charge in [-0.15, -0.1) is 0 Å². The highest BCUT2D eigenvalue weighted by molar-refractivity contribution is 5.85. The van der Waals surface area contributed by atoms with E-state index in [1.54, 1.807) is 0 Å². The summed E-state index contributed by atoms with van der Waals surface area (Å²) in [5.74, 6) is -1.22. The van der Waals surface area contributed by atoms with Crippen LogP contribution in [0.5, 0.6) is 0 Å². The Kier molecular flexibility index (Phi) is 4.70. The number of carbonyl (C=O) groups excluding carboxylic acids is 1. The molecule has 0 aromatic carbocycles. The minimum atomic E-state index is -1.08. The largest absolute Gasteiger partial charge is 0.480 e. The van der Waals surface area contributed by atoms with Gasteiger partial charge in [-0.05, 0) is 12.5 Å². The first-order chi connectivity index (χ1) is 7.56. The molecule has 1 rings (SSSR count). The van der Waals surface area contributed by atoms with E-state index in [0.717, 1.165) is 6.54 Å². The van der Waals surface area contributed by atoms with E-state index in [2.05, 4.69) is 10.6 Å². The van der Waals surface area contributed by atoms with Gasteiger partial charge in [0.15, 0.2) is 6.04 Å². The molecular formula is C10H18N2O4. The van der Waals surface area contributed by atoms with Crippen molar-refractivity contribution in [2.45, 2.75) is 13.0 Å². The second-order valence-corrected chi connectivity index (χ2v) is 4.10. The van der Waals surface area contributed by atoms with Crippen LogP contribution in [0.25, 0.3) is 0 Å². The summed E-state index contributed by atoms with van der Waals surface area (Å²) in [5.41, 5.74) is 0. The normalized spacial score (nSPS) is 26.4. The number of aliphatic carboxylic acids is 1. The Morgan fingerprint density at radius 1 is 1.56 bits per heavy atom. The van der Waals surface area contributed by atoms with Crippen molar-refractivity contribution in [2.24, 2.45) is 11.8 Å². The third-order valence-corrected chi connectivity index (χ3v) is 2.80. The van der Waals surface area contributed by atoms with Gasteiger partial charge in [-0.2, -0.15) is 0 Å². The van der Waals surface area contributed by atoms with E-state index < -0.39 is 12.0 Å². The summed E-state index contributed by atoms with van der Waals surface area (Å²) >= 11 is 0. The van der Waals surface area contributed by atoms with Gasteiger partial charge < -0.3 is 20.5 Å². The fourth-order valence-corrected chi connectivity index (χ4v) is 1.78. The lowest BCUT2D eigenvalue weighted by Crippen LogP contribution is -2.47. The van der Waals surface area contributed by atoms with Crippen molar-refractivity contribution in [3.63, 3.8) is 0 Å². The molecule has 16 heavy (non-hydrogen) atoms. The van der Waals surface area contributed by atoms with E-state index in [0.29, 0.717) is 6.54 Å². The first-order valence-corrected chi connectivity index (χ1v) is 5.29. The van der Waals surface area contributed by atoms with Crippen LogP contribution in [0.1, 0.15) is 6.92 Å². The smallest absolute Gasteiger partial charge is 0.328 e. The molecule has 0 radical (unpaired) electrons. The van der Waals surface area contributed by atoms with Crippen LogP contribution in [0.4, 0.5) is 0 Å². The molecule has 92 valence electrons. The summed E-state index contributed by atoms with van der Waals surface area (Å²) in [6.07, 6.45) is 0. The zero-order valence-electron chi connectivity index (χ0n) is 9.53. The second kappa shape index (κ2) is 5.81. The summed E-state index contributed by atoms with van der Waals surface area (Å²) in [4.78, 5) is 22.6. The topological polar surface area (TPSA) is 87.7 Å². The summed E-state index contributed by atoms with van der Waals surface area (Å²) in [6, 6.07) is -0.967. The van der Waals surface area contributed by atoms with E-state index in [1.165, 1.54) is 7.11 Å². The molecule has 3 atom stereocenters. The van der Waals surface area contributed by atoms with Crippen LogP contribution >= 0.6 is 0 Å². The highest BCUT2D eigenvalue weighted by atomic mass is 16.5. The fraction of sp³-hybridized carbons (Fsp3) is 0.800. The highest BCUT2D eigenvalue weighted by Gasteiger charge is 2.32. The number of carboxylic acids is 1. The van der Waals surface area contributed by atoms with Gasteiger partial charge in [0.05, 0.1) is 12.5 Å². The third kappa shape index (κ3) is 3.18. The van der Waals surface area contributed by atoms with Gasteiger partial charge in [-0.1, -0.05) is 6.92 Å². The summed E-state index contributed by atoms with van der Waals surface area (Å²) < 4.78 is 4.74. The van der Waals surface area contributed by atoms with Crippen LogP contribution in [0.3, 0.4) is 0 Å². The molecule has 0 aliphatic carbocycles. The molecule has 1 heterocycles. The van der Waals surface area contributed by atoms with Gasteiger partial charge in [0.25, 0.3) is 0 Å². The molecule has 0 aromatic heterocycles. The summed E-state index contributed by atoms with van der Waals surface area (Å²) in [6.45, 7) is 3.35. The predicted molar refractivity (Wildman–Crippen MR) is 57.0 cm³/mol. The Hall–Kier alpha value is -1.14. The molecule has 0 saturated carbocycles. The molecule has 1 aliphatic heterocycles. The fourth-order valence-electron chi connectivity index (χ4n) is 1.78. The average Bonchev–Trinajstić information content (AvgIpc) is 2.63. The molecule has 1 fully saturated rings. The molecule has 6 heteroatoms. The second-order valence-electron chi connectivity index (χ2n) is 4.10. The van der Waals surface area contributed by atoms with Crippen molar-refractivity contribution in [2.75, 3.05) is 26.8 Å². The maximum Gasteiger partial charge on any atom is 0.328 e. The lowest BCUT2D eigenvalue weighted by atomic mass is 9.97. The Labute approximate surface area is 94.3 Å². The molecule has 0 bridgehead atoms. The molecule has 3 N–H and O–H groups in total. The SMILES string of the molecule is COCC(NC(=O)[C@@H]1CNC[C@H]1C)C(=O)O. The van der Waals surface area contributed by atoms with Crippen LogP contribution < -0.4 is 10.6 Å². The summed E-state index contributed by atoms with van der Waals surface area (Å²) in [7, 11) is 1.40. The standard InChI is InChI=1S/C10H18N2O4/c1-6-3-11-4-7(6)9(13)12-8(5-16-2)10(14)15/h6-8,11H,3-5H2,1-2H3,(H,12,13)(H,14,15)/t6-,7-,8?/m1/s1. The van der Waals surface area contributed by atoms with Crippen molar-refractivity contribution in [3.05, 3.63) is 0 Å². The van der Waals surface area contributed by atoms with Crippen molar-refractivity contribution < 1.29 is 19.4 Å². The summed E-state index contributed by atoms with van der Waals surface area (Å²) in [5, 5.41) is 14.4. The molecule has 1 aliphatic rings. The number of hydrogen-bond acceptors (Lipinski definition) is 4. The Morgan fingerprint density at radius 2 is 2.25 bits per heavy atom. The lowest BCUT2D eigenvalue weighted by Gasteiger charge is -2.18. The molecule has 6 nitrogen and oxygen atoms in total. The Morgan fingerprint density at radius 3 is 2.69 bits per heavy atom. The van der Waals surface area contributed by atoms with Crippen LogP contribution in [0, 0.1) is 11.8 Å². The lowest BCUT2D eigenvalue weighted by molar-refractivity contribution is -0.144. The zero-order valence-corrected chi connectivity index (χ0v) is 9.53. The molecule has 1 unspecified atom stereocenters. The van der Waals surface area contributed by atoms with E-state index in [9.17, 15) is 9.59 Å². The van der Waals surface area contributed by atoms with E-state index >= 15 is 0 Å². The van der Waals surface area contributed by atoms with Gasteiger partial charge in [-0.25, -0.2) is 4.79 Å². The molecule has 1 amide bonds. The van der Waals surface area contributed by atoms with Crippen LogP contribution in [0.2, 0.25) is 0 Å². The Bertz CT molecular complexity index is 270. The van der Waals surface area contributed by atoms with Gasteiger partial charge in [-0.3, -0.25) is 4.79 Å². The molecular weight excluding hydrogens is 212 g/mol. The van der Waals surface area contributed by atoms with Crippen molar-refractivity contribution in [1.29, 1.82) is 0 Å². The number of rotatable bonds is 5. The highest BCUT2D eigenvalue weighted by Crippen LogP contribution is 2.15. The monoisotopic (exact) mass is 230 g/mol. The van der Waals surface area contributed by atoms with Crippen molar-refractivity contribution >= 4 is 11.9 Å². The number of carboxylic acid groups (broad SMARTS) is 1. The number of methoxy groups -OCH3 is 1. The van der Waals surface area contributed by atoms with Gasteiger partial charge in [0, 0.05) is 13.7 Å². The minimum absolute atomic E-state index is 0.0183. The van der Waals surface area contributed by atoms with Crippen LogP contribution in [-0.2, 0) is 14.3 Å². The number of hydrogen-bond donors (Lipinski definition) is 3. The van der Waals surface area contributed by atoms with E-state index in [-0.39, 0.29) is 24.3 Å². The first-order valence-electron chi connectivity index (χ1n) is 5.29. The minimum Gasteiger partial charge on any atom is -0.480 e. The van der Waals surface area contributed by atoms with Gasteiger partial charge in [0.2, 0.25) is 5.91 Å². The first kappa shape index (κ1) is 12.9. The number of carbonyl (C=O) groups is 2. The zero-order chi connectivity index (χ0) is 12.1. The number of ether oxygens (including phenoxy) is 1. The van der Waals surface area contributed by atoms with Gasteiger partial charge in [0.1, 0.15) is 0 Å². The number of nitrogens with one attached hydrogen (secondary N) is 2. The third-order valence-electron chi connectivity index (χ3n) is 2.80. The quantitative estimate of drug-likeness (QED) is 0.567. The van der Waals surface area contributed by atoms with Crippen LogP contribution in [0.15, 0.2) is 0 Å². The maximum absolute atomic E-state index is 11.8. The number of amides is 1. The van der Waals surface area contributed by atoms with Crippen molar-refractivity contribution in [1.82, 2.24) is 10.6 Å². The Balaban J connectivity index is 2.50. The average molecular weight is 230 g/mol. The molecule has 0 spiro atoms. The van der Waals surface area contributed by atoms with Crippen molar-refractivity contribution in [3.8, 4) is 0 Å². The maximum atomic E-state index is 11.8. The van der Waals surface area contributed by atoms with E-state index in [1.807, 2.05) is 6.92 Å².